The minimum Gasteiger partial charge on any atom is -0.503 e. The van der Waals surface area contributed by atoms with E-state index in [2.05, 4.69) is 4.98 Å². The summed E-state index contributed by atoms with van der Waals surface area (Å²) in [5.74, 6) is -0.333. The zero-order chi connectivity index (χ0) is 23.5. The molecule has 1 N–H and O–H groups in total. The fourth-order valence-electron chi connectivity index (χ4n) is 4.10. The second kappa shape index (κ2) is 9.23. The number of benzene rings is 1. The molecule has 1 amide bonds. The van der Waals surface area contributed by atoms with Gasteiger partial charge in [-0.05, 0) is 31.5 Å². The van der Waals surface area contributed by atoms with Crippen molar-refractivity contribution in [3.63, 3.8) is 0 Å². The molecule has 9 heteroatoms. The first-order valence-electron chi connectivity index (χ1n) is 10.5. The number of Topliss-reactive ketones (excluding diaryl/α,β-unsaturated/α-hetero) is 1. The maximum Gasteiger partial charge on any atom is 0.290 e. The van der Waals surface area contributed by atoms with Gasteiger partial charge in [-0.15, -0.1) is 0 Å². The minimum atomic E-state index is -0.872. The van der Waals surface area contributed by atoms with E-state index in [4.69, 9.17) is 13.9 Å². The predicted molar refractivity (Wildman–Crippen MR) is 118 cm³/mol. The molecule has 0 aliphatic carbocycles. The van der Waals surface area contributed by atoms with Crippen molar-refractivity contribution in [2.75, 3.05) is 20.8 Å². The van der Waals surface area contributed by atoms with Crippen LogP contribution in [-0.2, 0) is 11.3 Å². The van der Waals surface area contributed by atoms with Crippen LogP contribution in [0, 0.1) is 6.92 Å². The molecule has 0 fully saturated rings. The molecule has 1 aliphatic heterocycles. The normalized spacial score (nSPS) is 15.9. The Morgan fingerprint density at radius 1 is 1.18 bits per heavy atom. The first kappa shape index (κ1) is 22.2. The molecular weight excluding hydrogens is 426 g/mol. The molecule has 1 aromatic carbocycles. The highest BCUT2D eigenvalue weighted by Gasteiger charge is 2.45. The van der Waals surface area contributed by atoms with Crippen molar-refractivity contribution in [2.24, 2.45) is 0 Å². The Labute approximate surface area is 190 Å². The van der Waals surface area contributed by atoms with Crippen molar-refractivity contribution in [1.82, 2.24) is 14.5 Å². The van der Waals surface area contributed by atoms with Crippen LogP contribution in [0.1, 0.15) is 34.3 Å². The lowest BCUT2D eigenvalue weighted by molar-refractivity contribution is -0.129. The number of ether oxygens (including phenoxy) is 2. The number of hydrogen-bond donors (Lipinski definition) is 1. The minimum absolute atomic E-state index is 0.0500. The smallest absolute Gasteiger partial charge is 0.290 e. The molecular formula is C24H25N3O6. The Kier molecular flexibility index (Phi) is 6.21. The number of hydrogen-bond acceptors (Lipinski definition) is 7. The van der Waals surface area contributed by atoms with Crippen LogP contribution in [0.5, 0.6) is 11.5 Å². The highest BCUT2D eigenvalue weighted by Crippen LogP contribution is 2.45. The lowest BCUT2D eigenvalue weighted by Gasteiger charge is -2.28. The van der Waals surface area contributed by atoms with Gasteiger partial charge >= 0.3 is 0 Å². The van der Waals surface area contributed by atoms with Crippen LogP contribution in [0.2, 0.25) is 0 Å². The molecule has 1 aliphatic rings. The maximum atomic E-state index is 13.4. The second-order valence-corrected chi connectivity index (χ2v) is 7.64. The lowest BCUT2D eigenvalue weighted by Crippen LogP contribution is -2.32. The molecule has 1 atom stereocenters. The van der Waals surface area contributed by atoms with E-state index < -0.39 is 23.5 Å². The van der Waals surface area contributed by atoms with E-state index in [0.29, 0.717) is 42.3 Å². The van der Waals surface area contributed by atoms with Crippen LogP contribution < -0.4 is 9.47 Å². The summed E-state index contributed by atoms with van der Waals surface area (Å²) >= 11 is 0. The monoisotopic (exact) mass is 451 g/mol. The highest BCUT2D eigenvalue weighted by molar-refractivity contribution is 6.15. The molecule has 33 heavy (non-hydrogen) atoms. The molecule has 0 spiro atoms. The highest BCUT2D eigenvalue weighted by atomic mass is 16.5. The van der Waals surface area contributed by atoms with Crippen LogP contribution in [0.4, 0.5) is 0 Å². The summed E-state index contributed by atoms with van der Waals surface area (Å²) in [6.45, 7) is 2.63. The molecule has 0 saturated heterocycles. The van der Waals surface area contributed by atoms with Gasteiger partial charge in [0.15, 0.2) is 23.0 Å². The summed E-state index contributed by atoms with van der Waals surface area (Å²) in [6, 6.07) is 7.54. The van der Waals surface area contributed by atoms with E-state index in [1.807, 2.05) is 10.8 Å². The van der Waals surface area contributed by atoms with E-state index in [9.17, 15) is 14.7 Å². The number of rotatable bonds is 9. The number of carbonyl (C=O) groups is 2. The van der Waals surface area contributed by atoms with Gasteiger partial charge in [-0.1, -0.05) is 12.1 Å². The van der Waals surface area contributed by atoms with E-state index in [-0.39, 0.29) is 11.3 Å². The third-order valence-corrected chi connectivity index (χ3v) is 5.61. The lowest BCUT2D eigenvalue weighted by atomic mass is 9.94. The zero-order valence-electron chi connectivity index (χ0n) is 18.6. The van der Waals surface area contributed by atoms with Gasteiger partial charge in [0.25, 0.3) is 5.91 Å². The average Bonchev–Trinajstić information content (AvgIpc) is 3.55. The second-order valence-electron chi connectivity index (χ2n) is 7.64. The van der Waals surface area contributed by atoms with Gasteiger partial charge in [0.2, 0.25) is 5.78 Å². The quantitative estimate of drug-likeness (QED) is 0.497. The largest absolute Gasteiger partial charge is 0.503 e. The van der Waals surface area contributed by atoms with Gasteiger partial charge in [-0.3, -0.25) is 9.59 Å². The third-order valence-electron chi connectivity index (χ3n) is 5.61. The van der Waals surface area contributed by atoms with E-state index in [1.54, 1.807) is 43.7 Å². The van der Waals surface area contributed by atoms with Crippen LogP contribution in [0.15, 0.2) is 64.8 Å². The summed E-state index contributed by atoms with van der Waals surface area (Å²) in [5.41, 5.74) is 0.479. The Bertz CT molecular complexity index is 1190. The Balaban J connectivity index is 1.76. The van der Waals surface area contributed by atoms with Gasteiger partial charge in [0.1, 0.15) is 5.76 Å². The van der Waals surface area contributed by atoms with Crippen LogP contribution in [0.3, 0.4) is 0 Å². The molecule has 0 bridgehead atoms. The number of aliphatic hydroxyl groups is 1. The summed E-state index contributed by atoms with van der Waals surface area (Å²) < 4.78 is 18.4. The van der Waals surface area contributed by atoms with Crippen molar-refractivity contribution in [1.29, 1.82) is 0 Å². The number of nitrogens with zero attached hydrogens (tertiary/aromatic N) is 3. The first-order chi connectivity index (χ1) is 16.0. The number of para-hydroxylation sites is 1. The number of aromatic nitrogens is 2. The molecule has 2 aromatic heterocycles. The topological polar surface area (TPSA) is 107 Å². The molecule has 0 unspecified atom stereocenters. The van der Waals surface area contributed by atoms with Crippen LogP contribution in [0.25, 0.3) is 0 Å². The standard InChI is InChI=1S/C24H25N3O6/c1-15-8-9-17(33-15)21(28)19-20(16-6-4-7-18(31-2)23(16)32-3)27(24(30)22(19)29)12-5-11-26-13-10-25-14-26/h4,6-10,13-14,20,29H,5,11-12H2,1-3H3/t20-/m0/s1. The zero-order valence-corrected chi connectivity index (χ0v) is 18.6. The third kappa shape index (κ3) is 4.09. The maximum absolute atomic E-state index is 13.4. The summed E-state index contributed by atoms with van der Waals surface area (Å²) in [4.78, 5) is 32.0. The van der Waals surface area contributed by atoms with Gasteiger partial charge in [0.05, 0.1) is 32.2 Å². The summed E-state index contributed by atoms with van der Waals surface area (Å²) in [5, 5.41) is 10.8. The number of aryl methyl sites for hydroxylation is 2. The van der Waals surface area contributed by atoms with Crippen LogP contribution >= 0.6 is 0 Å². The van der Waals surface area contributed by atoms with Crippen molar-refractivity contribution in [3.05, 3.63) is 77.5 Å². The molecule has 3 heterocycles. The van der Waals surface area contributed by atoms with Crippen molar-refractivity contribution in [3.8, 4) is 11.5 Å². The summed E-state index contributed by atoms with van der Waals surface area (Å²) in [6.07, 6.45) is 5.79. The predicted octanol–water partition coefficient (Wildman–Crippen LogP) is 3.47. The van der Waals surface area contributed by atoms with Gasteiger partial charge in [-0.2, -0.15) is 0 Å². The number of ketones is 1. The molecule has 0 saturated carbocycles. The van der Waals surface area contributed by atoms with E-state index in [0.717, 1.165) is 0 Å². The Hall–Kier alpha value is -4.01. The van der Waals surface area contributed by atoms with Gasteiger partial charge in [-0.25, -0.2) is 4.98 Å². The van der Waals surface area contributed by atoms with Gasteiger partial charge in [0, 0.05) is 31.0 Å². The molecule has 4 rings (SSSR count). The van der Waals surface area contributed by atoms with Crippen LogP contribution in [-0.4, -0.2) is 52.0 Å². The fourth-order valence-corrected chi connectivity index (χ4v) is 4.10. The fraction of sp³-hybridized carbons (Fsp3) is 0.292. The number of furan rings is 1. The molecule has 3 aromatic rings. The molecule has 0 radical (unpaired) electrons. The SMILES string of the molecule is COc1cccc([C@H]2C(C(=O)c3ccc(C)o3)=C(O)C(=O)N2CCCn2ccnc2)c1OC. The summed E-state index contributed by atoms with van der Waals surface area (Å²) in [7, 11) is 3.00. The number of carbonyl (C=O) groups excluding carboxylic acids is 2. The van der Waals surface area contributed by atoms with E-state index in [1.165, 1.54) is 25.2 Å². The number of methoxy groups -OCH3 is 2. The number of imidazole rings is 1. The van der Waals surface area contributed by atoms with Crippen molar-refractivity contribution >= 4 is 11.7 Å². The molecule has 172 valence electrons. The van der Waals surface area contributed by atoms with E-state index >= 15 is 0 Å². The van der Waals surface area contributed by atoms with Crippen molar-refractivity contribution < 1.29 is 28.6 Å². The number of aliphatic hydroxyl groups excluding tert-OH is 1. The first-order valence-corrected chi connectivity index (χ1v) is 10.5. The Morgan fingerprint density at radius 2 is 2.00 bits per heavy atom. The van der Waals surface area contributed by atoms with Crippen molar-refractivity contribution in [2.45, 2.75) is 25.9 Å². The number of amides is 1. The average molecular weight is 451 g/mol. The Morgan fingerprint density at radius 3 is 2.64 bits per heavy atom. The van der Waals surface area contributed by atoms with Gasteiger partial charge < -0.3 is 28.5 Å². The molecule has 9 nitrogen and oxygen atoms in total.